The van der Waals surface area contributed by atoms with E-state index in [2.05, 4.69) is 15.9 Å². The Kier molecular flexibility index (Phi) is 5.44. The van der Waals surface area contributed by atoms with Crippen molar-refractivity contribution in [2.24, 2.45) is 5.73 Å². The van der Waals surface area contributed by atoms with Crippen LogP contribution in [0, 0.1) is 0 Å². The Morgan fingerprint density at radius 2 is 1.85 bits per heavy atom. The Labute approximate surface area is 127 Å². The van der Waals surface area contributed by atoms with Gasteiger partial charge in [-0.05, 0) is 36.8 Å². The van der Waals surface area contributed by atoms with E-state index < -0.39 is 0 Å². The zero-order valence-corrected chi connectivity index (χ0v) is 13.0. The SMILES string of the molecule is CCOc1cccc(OC(CN)c2cccc(Br)c2)c1. The number of hydrogen-bond acceptors (Lipinski definition) is 3. The van der Waals surface area contributed by atoms with Crippen molar-refractivity contribution in [1.82, 2.24) is 0 Å². The molecule has 2 N–H and O–H groups in total. The topological polar surface area (TPSA) is 44.5 Å². The van der Waals surface area contributed by atoms with E-state index in [0.717, 1.165) is 21.5 Å². The summed E-state index contributed by atoms with van der Waals surface area (Å²) in [7, 11) is 0. The van der Waals surface area contributed by atoms with Gasteiger partial charge in [0.2, 0.25) is 0 Å². The van der Waals surface area contributed by atoms with Crippen molar-refractivity contribution >= 4 is 15.9 Å². The average molecular weight is 336 g/mol. The third-order valence-corrected chi connectivity index (χ3v) is 3.32. The molecule has 2 aromatic rings. The second-order valence-electron chi connectivity index (χ2n) is 4.31. The van der Waals surface area contributed by atoms with Gasteiger partial charge in [0.15, 0.2) is 0 Å². The quantitative estimate of drug-likeness (QED) is 0.869. The van der Waals surface area contributed by atoms with E-state index in [1.165, 1.54) is 0 Å². The molecule has 2 aromatic carbocycles. The summed E-state index contributed by atoms with van der Waals surface area (Å²) in [4.78, 5) is 0. The first-order valence-corrected chi connectivity index (χ1v) is 7.37. The number of hydrogen-bond donors (Lipinski definition) is 1. The van der Waals surface area contributed by atoms with Gasteiger partial charge in [-0.2, -0.15) is 0 Å². The van der Waals surface area contributed by atoms with E-state index in [-0.39, 0.29) is 6.10 Å². The summed E-state index contributed by atoms with van der Waals surface area (Å²) in [6.45, 7) is 3.00. The highest BCUT2D eigenvalue weighted by molar-refractivity contribution is 9.10. The predicted octanol–water partition coefficient (Wildman–Crippen LogP) is 3.93. The molecule has 0 aliphatic rings. The Balaban J connectivity index is 2.15. The normalized spacial score (nSPS) is 11.9. The van der Waals surface area contributed by atoms with Crippen LogP contribution in [0.3, 0.4) is 0 Å². The molecule has 1 atom stereocenters. The smallest absolute Gasteiger partial charge is 0.136 e. The molecule has 1 unspecified atom stereocenters. The molecule has 0 spiro atoms. The molecule has 0 radical (unpaired) electrons. The number of halogens is 1. The molecular formula is C16H18BrNO2. The van der Waals surface area contributed by atoms with Crippen molar-refractivity contribution in [3.63, 3.8) is 0 Å². The fourth-order valence-electron chi connectivity index (χ4n) is 1.93. The van der Waals surface area contributed by atoms with Gasteiger partial charge in [0, 0.05) is 17.1 Å². The minimum Gasteiger partial charge on any atom is -0.494 e. The Hall–Kier alpha value is -1.52. The minimum atomic E-state index is -0.177. The summed E-state index contributed by atoms with van der Waals surface area (Å²) >= 11 is 3.46. The summed E-state index contributed by atoms with van der Waals surface area (Å²) in [6, 6.07) is 15.6. The fraction of sp³-hybridized carbons (Fsp3) is 0.250. The summed E-state index contributed by atoms with van der Waals surface area (Å²) in [5, 5.41) is 0. The highest BCUT2D eigenvalue weighted by Crippen LogP contribution is 2.26. The van der Waals surface area contributed by atoms with E-state index >= 15 is 0 Å². The van der Waals surface area contributed by atoms with Crippen LogP contribution in [0.2, 0.25) is 0 Å². The van der Waals surface area contributed by atoms with Gasteiger partial charge in [-0.3, -0.25) is 0 Å². The third kappa shape index (κ3) is 3.99. The summed E-state index contributed by atoms with van der Waals surface area (Å²) in [6.07, 6.45) is -0.177. The number of ether oxygens (including phenoxy) is 2. The number of benzene rings is 2. The average Bonchev–Trinajstić information content (AvgIpc) is 2.45. The minimum absolute atomic E-state index is 0.177. The lowest BCUT2D eigenvalue weighted by atomic mass is 10.1. The van der Waals surface area contributed by atoms with Gasteiger partial charge in [0.25, 0.3) is 0 Å². The molecule has 20 heavy (non-hydrogen) atoms. The molecule has 2 rings (SSSR count). The van der Waals surface area contributed by atoms with Crippen LogP contribution < -0.4 is 15.2 Å². The zero-order chi connectivity index (χ0) is 14.4. The molecule has 0 aromatic heterocycles. The third-order valence-electron chi connectivity index (χ3n) is 2.83. The summed E-state index contributed by atoms with van der Waals surface area (Å²) in [5.74, 6) is 1.56. The van der Waals surface area contributed by atoms with Crippen molar-refractivity contribution in [1.29, 1.82) is 0 Å². The molecule has 4 heteroatoms. The van der Waals surface area contributed by atoms with Crippen LogP contribution in [0.15, 0.2) is 53.0 Å². The molecule has 3 nitrogen and oxygen atoms in total. The van der Waals surface area contributed by atoms with Crippen molar-refractivity contribution < 1.29 is 9.47 Å². The highest BCUT2D eigenvalue weighted by Gasteiger charge is 2.12. The lowest BCUT2D eigenvalue weighted by Gasteiger charge is -2.18. The van der Waals surface area contributed by atoms with E-state index in [4.69, 9.17) is 15.2 Å². The molecule has 0 aliphatic heterocycles. The fourth-order valence-corrected chi connectivity index (χ4v) is 2.34. The molecule has 0 heterocycles. The highest BCUT2D eigenvalue weighted by atomic mass is 79.9. The summed E-state index contributed by atoms with van der Waals surface area (Å²) < 4.78 is 12.4. The van der Waals surface area contributed by atoms with Crippen LogP contribution in [-0.4, -0.2) is 13.2 Å². The van der Waals surface area contributed by atoms with Gasteiger partial charge in [0.05, 0.1) is 6.61 Å². The van der Waals surface area contributed by atoms with Crippen molar-refractivity contribution in [2.45, 2.75) is 13.0 Å². The molecular weight excluding hydrogens is 318 g/mol. The van der Waals surface area contributed by atoms with Gasteiger partial charge >= 0.3 is 0 Å². The molecule has 0 saturated heterocycles. The lowest BCUT2D eigenvalue weighted by Crippen LogP contribution is -2.18. The first-order valence-electron chi connectivity index (χ1n) is 6.58. The zero-order valence-electron chi connectivity index (χ0n) is 11.4. The van der Waals surface area contributed by atoms with Gasteiger partial charge in [-0.25, -0.2) is 0 Å². The van der Waals surface area contributed by atoms with Gasteiger partial charge in [0.1, 0.15) is 17.6 Å². The molecule has 0 bridgehead atoms. The monoisotopic (exact) mass is 335 g/mol. The number of rotatable bonds is 6. The molecule has 0 amide bonds. The van der Waals surface area contributed by atoms with Crippen molar-refractivity contribution in [3.05, 3.63) is 58.6 Å². The van der Waals surface area contributed by atoms with E-state index in [9.17, 15) is 0 Å². The molecule has 106 valence electrons. The maximum atomic E-state index is 5.97. The maximum absolute atomic E-state index is 5.97. The van der Waals surface area contributed by atoms with Gasteiger partial charge in [-0.1, -0.05) is 34.1 Å². The standard InChI is InChI=1S/C16H18BrNO2/c1-2-19-14-7-4-8-15(10-14)20-16(11-18)12-5-3-6-13(17)9-12/h3-10,16H,2,11,18H2,1H3. The van der Waals surface area contributed by atoms with E-state index in [0.29, 0.717) is 13.2 Å². The van der Waals surface area contributed by atoms with E-state index in [1.54, 1.807) is 0 Å². The van der Waals surface area contributed by atoms with Crippen LogP contribution in [0.4, 0.5) is 0 Å². The second-order valence-corrected chi connectivity index (χ2v) is 5.22. The molecule has 0 fully saturated rings. The first kappa shape index (κ1) is 14.9. The number of nitrogens with two attached hydrogens (primary N) is 1. The molecule has 0 aliphatic carbocycles. The van der Waals surface area contributed by atoms with E-state index in [1.807, 2.05) is 55.5 Å². The van der Waals surface area contributed by atoms with Crippen LogP contribution in [0.5, 0.6) is 11.5 Å². The van der Waals surface area contributed by atoms with Gasteiger partial charge < -0.3 is 15.2 Å². The molecule has 0 saturated carbocycles. The first-order chi connectivity index (χ1) is 9.72. The predicted molar refractivity (Wildman–Crippen MR) is 84.2 cm³/mol. The van der Waals surface area contributed by atoms with Crippen molar-refractivity contribution in [2.75, 3.05) is 13.2 Å². The van der Waals surface area contributed by atoms with Crippen molar-refractivity contribution in [3.8, 4) is 11.5 Å². The van der Waals surface area contributed by atoms with Gasteiger partial charge in [-0.15, -0.1) is 0 Å². The Morgan fingerprint density at radius 1 is 1.10 bits per heavy atom. The Morgan fingerprint density at radius 3 is 2.55 bits per heavy atom. The maximum Gasteiger partial charge on any atom is 0.136 e. The second kappa shape index (κ2) is 7.31. The van der Waals surface area contributed by atoms with Crippen LogP contribution in [0.25, 0.3) is 0 Å². The lowest BCUT2D eigenvalue weighted by molar-refractivity contribution is 0.213. The largest absolute Gasteiger partial charge is 0.494 e. The Bertz CT molecular complexity index is 560. The summed E-state index contributed by atoms with van der Waals surface area (Å²) in [5.41, 5.74) is 6.87. The van der Waals surface area contributed by atoms with Crippen LogP contribution in [0.1, 0.15) is 18.6 Å². The van der Waals surface area contributed by atoms with Crippen LogP contribution >= 0.6 is 15.9 Å². The van der Waals surface area contributed by atoms with Crippen LogP contribution in [-0.2, 0) is 0 Å².